The second-order valence-corrected chi connectivity index (χ2v) is 7.89. The molecule has 0 fully saturated rings. The van der Waals surface area contributed by atoms with E-state index in [-0.39, 0.29) is 46.0 Å². The zero-order chi connectivity index (χ0) is 25.5. The number of alkyl halides is 3. The molecule has 1 N–H and O–H groups in total. The minimum atomic E-state index is -4.66. The van der Waals surface area contributed by atoms with Crippen molar-refractivity contribution in [1.29, 1.82) is 0 Å². The van der Waals surface area contributed by atoms with E-state index in [4.69, 9.17) is 21.1 Å². The first kappa shape index (κ1) is 24.5. The molecule has 4 aromatic rings. The third kappa shape index (κ3) is 4.68. The maximum atomic E-state index is 13.4. The van der Waals surface area contributed by atoms with E-state index in [1.807, 2.05) is 0 Å². The number of aliphatic hydroxyl groups excluding tert-OH is 1. The van der Waals surface area contributed by atoms with Gasteiger partial charge in [0.2, 0.25) is 5.88 Å². The first-order chi connectivity index (χ1) is 16.5. The molecule has 3 aromatic heterocycles. The Morgan fingerprint density at radius 3 is 2.54 bits per heavy atom. The molecule has 10 nitrogen and oxygen atoms in total. The highest BCUT2D eigenvalue weighted by Gasteiger charge is 2.38. The summed E-state index contributed by atoms with van der Waals surface area (Å²) in [6, 6.07) is 4.28. The zero-order valence-electron chi connectivity index (χ0n) is 18.7. The van der Waals surface area contributed by atoms with Crippen LogP contribution in [0.2, 0.25) is 5.15 Å². The smallest absolute Gasteiger partial charge is 0.425 e. The summed E-state index contributed by atoms with van der Waals surface area (Å²) in [5.74, 6) is -0.0722. The Morgan fingerprint density at radius 1 is 1.23 bits per heavy atom. The molecule has 186 valence electrons. The van der Waals surface area contributed by atoms with Crippen LogP contribution in [0, 0.1) is 0 Å². The van der Waals surface area contributed by atoms with Crippen LogP contribution in [-0.2, 0) is 20.2 Å². The van der Waals surface area contributed by atoms with Gasteiger partial charge in [0.25, 0.3) is 0 Å². The number of nitrogens with zero attached hydrogens (tertiary/aromatic N) is 6. The van der Waals surface area contributed by atoms with Crippen LogP contribution in [0.4, 0.5) is 13.2 Å². The maximum absolute atomic E-state index is 13.4. The van der Waals surface area contributed by atoms with Crippen molar-refractivity contribution in [3.8, 4) is 23.1 Å². The number of fused-ring (bicyclic) bond motifs is 1. The predicted molar refractivity (Wildman–Crippen MR) is 119 cm³/mol. The van der Waals surface area contributed by atoms with Gasteiger partial charge >= 0.3 is 11.9 Å². The van der Waals surface area contributed by atoms with Crippen molar-refractivity contribution in [1.82, 2.24) is 29.1 Å². The molecular formula is C21H20ClF3N6O4. The van der Waals surface area contributed by atoms with Gasteiger partial charge in [0.15, 0.2) is 22.8 Å². The fraction of sp³-hybridized carbons (Fsp3) is 0.333. The Labute approximate surface area is 201 Å². The van der Waals surface area contributed by atoms with E-state index < -0.39 is 24.6 Å². The lowest BCUT2D eigenvalue weighted by Crippen LogP contribution is -2.31. The molecule has 0 saturated heterocycles. The fourth-order valence-corrected chi connectivity index (χ4v) is 3.64. The molecule has 0 unspecified atom stereocenters. The van der Waals surface area contributed by atoms with Crippen LogP contribution in [-0.4, -0.2) is 46.5 Å². The lowest BCUT2D eigenvalue weighted by molar-refractivity contribution is -0.189. The molecule has 0 aliphatic rings. The third-order valence-electron chi connectivity index (χ3n) is 5.14. The van der Waals surface area contributed by atoms with E-state index in [1.54, 1.807) is 14.0 Å². The van der Waals surface area contributed by atoms with Gasteiger partial charge in [-0.05, 0) is 31.4 Å². The van der Waals surface area contributed by atoms with Crippen LogP contribution >= 0.6 is 11.6 Å². The molecule has 0 amide bonds. The Bertz CT molecular complexity index is 1450. The number of aliphatic hydroxyl groups is 1. The van der Waals surface area contributed by atoms with Crippen molar-refractivity contribution < 1.29 is 27.8 Å². The lowest BCUT2D eigenvalue weighted by Gasteiger charge is -2.20. The van der Waals surface area contributed by atoms with E-state index >= 15 is 0 Å². The van der Waals surface area contributed by atoms with Gasteiger partial charge in [-0.2, -0.15) is 23.0 Å². The predicted octanol–water partition coefficient (Wildman–Crippen LogP) is 3.60. The second-order valence-electron chi connectivity index (χ2n) is 7.53. The van der Waals surface area contributed by atoms with Gasteiger partial charge in [-0.15, -0.1) is 5.10 Å². The van der Waals surface area contributed by atoms with Gasteiger partial charge < -0.3 is 14.6 Å². The van der Waals surface area contributed by atoms with Crippen molar-refractivity contribution in [3.05, 3.63) is 52.1 Å². The Kier molecular flexibility index (Phi) is 6.47. The standard InChI is InChI=1S/C21H20ClF3N6O4/c1-4-30-16(10-32)27-31(20(30)33)13-7-12-5-6-26-19(35-15-9-29(3)28-18(15)22)17(12)14(8-13)34-11(2)21(23,24)25/h5-9,11,32H,4,10H2,1-3H3/t11-/m0/s1. The van der Waals surface area contributed by atoms with Crippen molar-refractivity contribution in [2.45, 2.75) is 39.3 Å². The summed E-state index contributed by atoms with van der Waals surface area (Å²) in [4.78, 5) is 17.0. The molecule has 1 atom stereocenters. The monoisotopic (exact) mass is 512 g/mol. The third-order valence-corrected chi connectivity index (χ3v) is 5.40. The molecule has 35 heavy (non-hydrogen) atoms. The van der Waals surface area contributed by atoms with Crippen LogP contribution in [0.5, 0.6) is 17.4 Å². The molecule has 0 aliphatic carbocycles. The molecule has 4 rings (SSSR count). The highest BCUT2D eigenvalue weighted by Crippen LogP contribution is 2.39. The fourth-order valence-electron chi connectivity index (χ4n) is 3.43. The van der Waals surface area contributed by atoms with Crippen LogP contribution in [0.3, 0.4) is 0 Å². The number of ether oxygens (including phenoxy) is 2. The Hall–Kier alpha value is -3.58. The summed E-state index contributed by atoms with van der Waals surface area (Å²) < 4.78 is 54.8. The Morgan fingerprint density at radius 2 is 1.97 bits per heavy atom. The van der Waals surface area contributed by atoms with E-state index in [0.29, 0.717) is 5.39 Å². The normalized spacial score (nSPS) is 12.8. The maximum Gasteiger partial charge on any atom is 0.425 e. The molecule has 14 heteroatoms. The summed E-state index contributed by atoms with van der Waals surface area (Å²) in [6.07, 6.45) is -3.99. The van der Waals surface area contributed by atoms with Crippen LogP contribution in [0.1, 0.15) is 19.7 Å². The van der Waals surface area contributed by atoms with Crippen molar-refractivity contribution in [3.63, 3.8) is 0 Å². The van der Waals surface area contributed by atoms with Gasteiger partial charge in [-0.3, -0.25) is 9.25 Å². The minimum absolute atomic E-state index is 0.0299. The molecular weight excluding hydrogens is 493 g/mol. The van der Waals surface area contributed by atoms with E-state index in [9.17, 15) is 23.1 Å². The van der Waals surface area contributed by atoms with Gasteiger partial charge in [-0.25, -0.2) is 9.78 Å². The number of benzene rings is 1. The van der Waals surface area contributed by atoms with E-state index in [0.717, 1.165) is 11.6 Å². The first-order valence-electron chi connectivity index (χ1n) is 10.4. The second kappa shape index (κ2) is 9.23. The number of rotatable bonds is 7. The highest BCUT2D eigenvalue weighted by atomic mass is 35.5. The summed E-state index contributed by atoms with van der Waals surface area (Å²) in [6.45, 7) is 2.30. The average molecular weight is 513 g/mol. The van der Waals surface area contributed by atoms with Gasteiger partial charge in [0.05, 0.1) is 17.3 Å². The van der Waals surface area contributed by atoms with Gasteiger partial charge in [0, 0.05) is 25.9 Å². The quantitative estimate of drug-likeness (QED) is 0.403. The number of halogens is 4. The topological polar surface area (TPSA) is 109 Å². The molecule has 0 saturated carbocycles. The SMILES string of the molecule is CCn1c(CO)nn(-c2cc(O[C@@H](C)C(F)(F)F)c3c(Oc4cn(C)nc4Cl)nccc3c2)c1=O. The van der Waals surface area contributed by atoms with Crippen molar-refractivity contribution in [2.24, 2.45) is 7.05 Å². The molecule has 0 aliphatic heterocycles. The summed E-state index contributed by atoms with van der Waals surface area (Å²) in [5.41, 5.74) is -0.441. The highest BCUT2D eigenvalue weighted by molar-refractivity contribution is 6.30. The van der Waals surface area contributed by atoms with E-state index in [1.165, 1.54) is 39.8 Å². The molecule has 0 spiro atoms. The van der Waals surface area contributed by atoms with Crippen LogP contribution < -0.4 is 15.2 Å². The largest absolute Gasteiger partial charge is 0.480 e. The Balaban J connectivity index is 1.93. The zero-order valence-corrected chi connectivity index (χ0v) is 19.5. The number of hydrogen-bond acceptors (Lipinski definition) is 7. The number of hydrogen-bond donors (Lipinski definition) is 1. The minimum Gasteiger partial charge on any atom is -0.480 e. The van der Waals surface area contributed by atoms with Crippen molar-refractivity contribution in [2.75, 3.05) is 0 Å². The average Bonchev–Trinajstić information content (AvgIpc) is 3.29. The number of aromatic nitrogens is 6. The van der Waals surface area contributed by atoms with E-state index in [2.05, 4.69) is 15.2 Å². The van der Waals surface area contributed by atoms with Crippen LogP contribution in [0.15, 0.2) is 35.4 Å². The molecule has 0 bridgehead atoms. The van der Waals surface area contributed by atoms with Crippen LogP contribution in [0.25, 0.3) is 16.5 Å². The number of pyridine rings is 1. The molecule has 1 aromatic carbocycles. The molecule has 0 radical (unpaired) electrons. The van der Waals surface area contributed by atoms with Gasteiger partial charge in [-0.1, -0.05) is 11.6 Å². The summed E-state index contributed by atoms with van der Waals surface area (Å²) in [7, 11) is 1.62. The van der Waals surface area contributed by atoms with Gasteiger partial charge in [0.1, 0.15) is 12.4 Å². The summed E-state index contributed by atoms with van der Waals surface area (Å²) >= 11 is 6.06. The number of aryl methyl sites for hydroxylation is 1. The summed E-state index contributed by atoms with van der Waals surface area (Å²) in [5, 5.41) is 18.1. The molecule has 3 heterocycles. The lowest BCUT2D eigenvalue weighted by atomic mass is 10.1. The first-order valence-corrected chi connectivity index (χ1v) is 10.7. The van der Waals surface area contributed by atoms with Crippen molar-refractivity contribution >= 4 is 22.4 Å².